The predicted octanol–water partition coefficient (Wildman–Crippen LogP) is 4.72. The number of azo groups is 2. The van der Waals surface area contributed by atoms with E-state index < -0.39 is 68.9 Å². The fourth-order valence-corrected chi connectivity index (χ4v) is 6.77. The molecule has 0 unspecified atom stereocenters. The van der Waals surface area contributed by atoms with Crippen molar-refractivity contribution in [2.45, 2.75) is 14.7 Å². The zero-order chi connectivity index (χ0) is 34.8. The van der Waals surface area contributed by atoms with Crippen LogP contribution in [0, 0.1) is 0 Å². The van der Waals surface area contributed by atoms with Crippen LogP contribution in [0.15, 0.2) is 114 Å². The first kappa shape index (κ1) is 35.2. The Morgan fingerprint density at radius 3 is 1.77 bits per heavy atom. The minimum Gasteiger partial charge on any atom is -0.505 e. The van der Waals surface area contributed by atoms with Crippen LogP contribution in [0.4, 0.5) is 28.4 Å². The standard InChI is InChI=1S/C26H23N5O12S4/c1-2-44(33,34)18-7-3-17(4-8-18)29-31-25-23(46(37,38)39)15-21-20(26(25)32)11-12-22(27)24(21)30-28-16-5-9-19(10-6-16)45(35,36)14-13-43-47(40,41)42/h2-12,15,32H,1,13-14,27H2,(H,37,38,39)(H,40,41,42). The van der Waals surface area contributed by atoms with Gasteiger partial charge in [-0.15, -0.1) is 10.2 Å². The Kier molecular flexibility index (Phi) is 9.91. The zero-order valence-corrected chi connectivity index (χ0v) is 26.8. The van der Waals surface area contributed by atoms with Crippen LogP contribution in [0.3, 0.4) is 0 Å². The number of aromatic hydroxyl groups is 1. The van der Waals surface area contributed by atoms with E-state index in [9.17, 15) is 43.3 Å². The Morgan fingerprint density at radius 1 is 0.723 bits per heavy atom. The number of anilines is 1. The molecule has 21 heteroatoms. The molecule has 0 atom stereocenters. The number of sulfone groups is 2. The van der Waals surface area contributed by atoms with Crippen LogP contribution in [0.25, 0.3) is 10.8 Å². The molecule has 0 bridgehead atoms. The van der Waals surface area contributed by atoms with Crippen molar-refractivity contribution in [3.05, 3.63) is 78.7 Å². The van der Waals surface area contributed by atoms with Gasteiger partial charge in [0.15, 0.2) is 25.4 Å². The quantitative estimate of drug-likeness (QED) is 0.0875. The maximum atomic E-state index is 12.4. The van der Waals surface area contributed by atoms with Crippen molar-refractivity contribution in [1.82, 2.24) is 0 Å². The third kappa shape index (κ3) is 8.40. The third-order valence-corrected chi connectivity index (χ3v) is 10.6. The third-order valence-electron chi connectivity index (χ3n) is 6.21. The van der Waals surface area contributed by atoms with E-state index in [0.29, 0.717) is 0 Å². The normalized spacial score (nSPS) is 13.1. The Labute approximate surface area is 268 Å². The molecular weight excluding hydrogens is 703 g/mol. The molecule has 47 heavy (non-hydrogen) atoms. The van der Waals surface area contributed by atoms with Gasteiger partial charge in [-0.1, -0.05) is 6.58 Å². The van der Waals surface area contributed by atoms with Gasteiger partial charge < -0.3 is 10.8 Å². The summed E-state index contributed by atoms with van der Waals surface area (Å²) in [6.45, 7) is 2.42. The Balaban J connectivity index is 1.70. The summed E-state index contributed by atoms with van der Waals surface area (Å²) >= 11 is 0. The first-order valence-electron chi connectivity index (χ1n) is 12.6. The van der Waals surface area contributed by atoms with Crippen molar-refractivity contribution in [2.75, 3.05) is 18.1 Å². The van der Waals surface area contributed by atoms with Gasteiger partial charge in [-0.3, -0.25) is 9.11 Å². The summed E-state index contributed by atoms with van der Waals surface area (Å²) in [5.74, 6) is -1.48. The van der Waals surface area contributed by atoms with Gasteiger partial charge in [0.1, 0.15) is 16.3 Å². The van der Waals surface area contributed by atoms with Crippen LogP contribution < -0.4 is 5.73 Å². The molecule has 17 nitrogen and oxygen atoms in total. The molecule has 0 fully saturated rings. The molecule has 0 aliphatic carbocycles. The lowest BCUT2D eigenvalue weighted by Crippen LogP contribution is -2.15. The van der Waals surface area contributed by atoms with Crippen molar-refractivity contribution < 1.29 is 52.1 Å². The molecule has 0 heterocycles. The monoisotopic (exact) mass is 725 g/mol. The highest BCUT2D eigenvalue weighted by atomic mass is 32.3. The SMILES string of the molecule is C=CS(=O)(=O)c1ccc(N=Nc2c(S(=O)(=O)O)cc3c(N=Nc4ccc(S(=O)(=O)CCOS(=O)(=O)O)cc4)c(N)ccc3c2O)cc1. The minimum atomic E-state index is -5.04. The maximum absolute atomic E-state index is 12.4. The van der Waals surface area contributed by atoms with Crippen LogP contribution in [-0.2, 0) is 44.4 Å². The van der Waals surface area contributed by atoms with Gasteiger partial charge in [0.05, 0.1) is 39.2 Å². The van der Waals surface area contributed by atoms with E-state index in [2.05, 4.69) is 31.2 Å². The summed E-state index contributed by atoms with van der Waals surface area (Å²) in [7, 11) is -17.6. The van der Waals surface area contributed by atoms with E-state index in [1.807, 2.05) is 0 Å². The van der Waals surface area contributed by atoms with Crippen molar-refractivity contribution in [1.29, 1.82) is 0 Å². The maximum Gasteiger partial charge on any atom is 0.397 e. The van der Waals surface area contributed by atoms with Gasteiger partial charge in [-0.25, -0.2) is 21.0 Å². The molecule has 0 amide bonds. The number of benzene rings is 4. The molecule has 4 aromatic carbocycles. The summed E-state index contributed by atoms with van der Waals surface area (Å²) in [5.41, 5.74) is 5.43. The number of phenolic OH excluding ortho intramolecular Hbond substituents is 1. The van der Waals surface area contributed by atoms with Gasteiger partial charge >= 0.3 is 10.4 Å². The molecular formula is C26H23N5O12S4. The number of nitrogen functional groups attached to an aromatic ring is 1. The lowest BCUT2D eigenvalue weighted by Gasteiger charge is -2.11. The molecule has 0 saturated carbocycles. The number of nitrogens with zero attached hydrogens (tertiary/aromatic N) is 4. The number of fused-ring (bicyclic) bond motifs is 1. The van der Waals surface area contributed by atoms with E-state index in [4.69, 9.17) is 10.3 Å². The second kappa shape index (κ2) is 13.2. The first-order chi connectivity index (χ1) is 21.8. The first-order valence-corrected chi connectivity index (χ1v) is 18.6. The van der Waals surface area contributed by atoms with Gasteiger partial charge in [-0.2, -0.15) is 27.1 Å². The number of hydrogen-bond acceptors (Lipinski definition) is 15. The second-order valence-electron chi connectivity index (χ2n) is 9.31. The van der Waals surface area contributed by atoms with Crippen molar-refractivity contribution in [3.8, 4) is 5.75 Å². The van der Waals surface area contributed by atoms with Crippen LogP contribution >= 0.6 is 0 Å². The van der Waals surface area contributed by atoms with Crippen LogP contribution in [0.5, 0.6) is 5.75 Å². The van der Waals surface area contributed by atoms with Crippen LogP contribution in [0.1, 0.15) is 0 Å². The smallest absolute Gasteiger partial charge is 0.397 e. The molecule has 0 radical (unpaired) electrons. The van der Waals surface area contributed by atoms with E-state index >= 15 is 0 Å². The molecule has 0 aliphatic heterocycles. The highest BCUT2D eigenvalue weighted by Gasteiger charge is 2.24. The predicted molar refractivity (Wildman–Crippen MR) is 168 cm³/mol. The number of nitrogens with two attached hydrogens (primary N) is 1. The number of rotatable bonds is 12. The average molecular weight is 726 g/mol. The Morgan fingerprint density at radius 2 is 1.26 bits per heavy atom. The molecule has 4 aromatic rings. The zero-order valence-electron chi connectivity index (χ0n) is 23.6. The highest BCUT2D eigenvalue weighted by molar-refractivity contribution is 7.94. The molecule has 0 spiro atoms. The van der Waals surface area contributed by atoms with Gasteiger partial charge in [-0.05, 0) is 66.7 Å². The second-order valence-corrected chi connectivity index (χ2v) is 15.8. The molecule has 0 saturated heterocycles. The summed E-state index contributed by atoms with van der Waals surface area (Å²) < 4.78 is 117. The van der Waals surface area contributed by atoms with E-state index in [-0.39, 0.29) is 43.3 Å². The van der Waals surface area contributed by atoms with Gasteiger partial charge in [0.2, 0.25) is 0 Å². The van der Waals surface area contributed by atoms with Crippen molar-refractivity contribution in [3.63, 3.8) is 0 Å². The topological polar surface area (TPSA) is 282 Å². The van der Waals surface area contributed by atoms with E-state index in [1.54, 1.807) is 0 Å². The Bertz CT molecular complexity index is 2380. The van der Waals surface area contributed by atoms with Gasteiger partial charge in [0, 0.05) is 16.2 Å². The van der Waals surface area contributed by atoms with Crippen molar-refractivity contribution >= 4 is 79.4 Å². The number of phenols is 1. The fourth-order valence-electron chi connectivity index (χ4n) is 3.93. The summed E-state index contributed by atoms with van der Waals surface area (Å²) in [6, 6.07) is 13.3. The fraction of sp³-hybridized carbons (Fsp3) is 0.0769. The lowest BCUT2D eigenvalue weighted by atomic mass is 10.1. The van der Waals surface area contributed by atoms with Crippen LogP contribution in [0.2, 0.25) is 0 Å². The Hall–Kier alpha value is -4.64. The van der Waals surface area contributed by atoms with Crippen LogP contribution in [-0.4, -0.2) is 60.2 Å². The molecule has 4 rings (SSSR count). The summed E-state index contributed by atoms with van der Waals surface area (Å²) in [5, 5.41) is 27.3. The lowest BCUT2D eigenvalue weighted by molar-refractivity contribution is 0.284. The highest BCUT2D eigenvalue weighted by Crippen LogP contribution is 2.46. The number of hydrogen-bond donors (Lipinski definition) is 4. The van der Waals surface area contributed by atoms with E-state index in [0.717, 1.165) is 23.6 Å². The average Bonchev–Trinajstić information content (AvgIpc) is 2.99. The molecule has 0 aromatic heterocycles. The van der Waals surface area contributed by atoms with E-state index in [1.165, 1.54) is 48.5 Å². The largest absolute Gasteiger partial charge is 0.505 e. The molecule has 248 valence electrons. The molecule has 5 N–H and O–H groups in total. The molecule has 0 aliphatic rings. The summed E-state index contributed by atoms with van der Waals surface area (Å²) in [6.07, 6.45) is 0. The van der Waals surface area contributed by atoms with Gasteiger partial charge in [0.25, 0.3) is 10.1 Å². The summed E-state index contributed by atoms with van der Waals surface area (Å²) in [4.78, 5) is -1.17. The minimum absolute atomic E-state index is 0.0181. The van der Waals surface area contributed by atoms with Crippen molar-refractivity contribution in [2.24, 2.45) is 20.5 Å².